The first kappa shape index (κ1) is 33.3. The molecular weight excluding hydrogens is 488 g/mol. The third kappa shape index (κ3) is 10.2. The molecule has 1 atom stereocenters. The van der Waals surface area contributed by atoms with E-state index in [9.17, 15) is 5.11 Å². The van der Waals surface area contributed by atoms with Gasteiger partial charge in [-0.2, -0.15) is 0 Å². The van der Waals surface area contributed by atoms with Crippen LogP contribution in [0.3, 0.4) is 0 Å². The van der Waals surface area contributed by atoms with E-state index in [4.69, 9.17) is 4.99 Å². The van der Waals surface area contributed by atoms with Crippen molar-refractivity contribution in [3.63, 3.8) is 0 Å². The second kappa shape index (κ2) is 16.4. The molecule has 218 valence electrons. The monoisotopic (exact) mass is 542 g/mol. The number of hydrogen-bond acceptors (Lipinski definition) is 2. The van der Waals surface area contributed by atoms with Crippen molar-refractivity contribution in [3.05, 3.63) is 92.5 Å². The first-order valence-corrected chi connectivity index (χ1v) is 15.0. The lowest BCUT2D eigenvalue weighted by molar-refractivity contribution is 0.203. The molecule has 1 aliphatic heterocycles. The Morgan fingerprint density at radius 2 is 1.35 bits per heavy atom. The van der Waals surface area contributed by atoms with E-state index in [2.05, 4.69) is 97.3 Å². The highest BCUT2D eigenvalue weighted by Crippen LogP contribution is 2.33. The van der Waals surface area contributed by atoms with Crippen molar-refractivity contribution in [2.75, 3.05) is 0 Å². The zero-order valence-electron chi connectivity index (χ0n) is 26.8. The van der Waals surface area contributed by atoms with E-state index in [1.54, 1.807) is 0 Å². The van der Waals surface area contributed by atoms with E-state index >= 15 is 0 Å². The fraction of sp³-hybridized carbons (Fsp3) is 0.486. The van der Waals surface area contributed by atoms with Crippen molar-refractivity contribution < 1.29 is 5.11 Å². The van der Waals surface area contributed by atoms with Crippen LogP contribution in [0.1, 0.15) is 122 Å². The van der Waals surface area contributed by atoms with Crippen LogP contribution in [-0.2, 0) is 0 Å². The second-order valence-electron chi connectivity index (χ2n) is 11.8. The molecule has 0 radical (unpaired) electrons. The van der Waals surface area contributed by atoms with Crippen LogP contribution in [0.5, 0.6) is 0 Å². The summed E-state index contributed by atoms with van der Waals surface area (Å²) in [7, 11) is 0. The van der Waals surface area contributed by atoms with Gasteiger partial charge in [0.2, 0.25) is 0 Å². The lowest BCUT2D eigenvalue weighted by atomic mass is 9.96. The van der Waals surface area contributed by atoms with Gasteiger partial charge in [-0.25, -0.2) is 0 Å². The van der Waals surface area contributed by atoms with Crippen LogP contribution in [0, 0.1) is 13.8 Å². The summed E-state index contributed by atoms with van der Waals surface area (Å²) in [6.07, 6.45) is 21.1. The Balaban J connectivity index is 1.87. The van der Waals surface area contributed by atoms with E-state index in [1.165, 1.54) is 22.3 Å². The van der Waals surface area contributed by atoms with Gasteiger partial charge in [-0.3, -0.25) is 4.99 Å². The smallest absolute Gasteiger partial charge is 0.0817 e. The molecule has 0 saturated carbocycles. The summed E-state index contributed by atoms with van der Waals surface area (Å²) in [6.45, 7) is 23.2. The van der Waals surface area contributed by atoms with Crippen molar-refractivity contribution in [2.24, 2.45) is 4.99 Å². The lowest BCUT2D eigenvalue weighted by Crippen LogP contribution is -2.12. The minimum atomic E-state index is -0.535. The van der Waals surface area contributed by atoms with Crippen molar-refractivity contribution in [1.82, 2.24) is 4.98 Å². The molecule has 40 heavy (non-hydrogen) atoms. The minimum Gasteiger partial charge on any atom is -0.388 e. The Labute approximate surface area is 245 Å². The van der Waals surface area contributed by atoms with Gasteiger partial charge in [0.15, 0.2) is 0 Å². The van der Waals surface area contributed by atoms with Crippen LogP contribution >= 0.6 is 0 Å². The SMILES string of the molecule is C=Cc1c(C)[nH]c(C=C2N=C(C)C(C)=C2[C@@H](O)CC/C=C(\C)CC/C=C(\C)CC/C=C(\C)CCC=C(C)C)c1C. The maximum Gasteiger partial charge on any atom is 0.0817 e. The summed E-state index contributed by atoms with van der Waals surface area (Å²) in [6, 6.07) is 0. The molecule has 0 saturated heterocycles. The predicted octanol–water partition coefficient (Wildman–Crippen LogP) is 10.7. The Morgan fingerprint density at radius 1 is 0.825 bits per heavy atom. The van der Waals surface area contributed by atoms with Gasteiger partial charge in [-0.05, 0) is 136 Å². The summed E-state index contributed by atoms with van der Waals surface area (Å²) in [4.78, 5) is 8.25. The fourth-order valence-corrected chi connectivity index (χ4v) is 5.24. The summed E-state index contributed by atoms with van der Waals surface area (Å²) in [5, 5.41) is 11.2. The van der Waals surface area contributed by atoms with Crippen molar-refractivity contribution in [3.8, 4) is 0 Å². The zero-order valence-corrected chi connectivity index (χ0v) is 26.8. The normalized spacial score (nSPS) is 16.6. The van der Waals surface area contributed by atoms with Gasteiger partial charge in [0.1, 0.15) is 0 Å². The minimum absolute atomic E-state index is 0.535. The molecule has 2 N–H and O–H groups in total. The molecule has 1 aromatic heterocycles. The molecule has 0 amide bonds. The molecule has 0 unspecified atom stereocenters. The van der Waals surface area contributed by atoms with Crippen LogP contribution in [-0.4, -0.2) is 21.9 Å². The molecule has 3 heteroatoms. The first-order valence-electron chi connectivity index (χ1n) is 15.0. The average Bonchev–Trinajstić information content (AvgIpc) is 3.31. The number of hydrogen-bond donors (Lipinski definition) is 2. The van der Waals surface area contributed by atoms with Crippen LogP contribution in [0.25, 0.3) is 12.2 Å². The number of nitrogens with zero attached hydrogens (tertiary/aromatic N) is 1. The summed E-state index contributed by atoms with van der Waals surface area (Å²) < 4.78 is 0. The van der Waals surface area contributed by atoms with Crippen molar-refractivity contribution in [2.45, 2.75) is 120 Å². The van der Waals surface area contributed by atoms with E-state index in [-0.39, 0.29) is 0 Å². The number of rotatable bonds is 15. The van der Waals surface area contributed by atoms with Gasteiger partial charge in [0.25, 0.3) is 0 Å². The second-order valence-corrected chi connectivity index (χ2v) is 11.8. The number of aliphatic imine (C=N–C) groups is 1. The Kier molecular flexibility index (Phi) is 13.6. The van der Waals surface area contributed by atoms with Crippen LogP contribution < -0.4 is 0 Å². The highest BCUT2D eigenvalue weighted by atomic mass is 16.3. The van der Waals surface area contributed by atoms with Crippen LogP contribution in [0.15, 0.2) is 75.0 Å². The molecule has 3 nitrogen and oxygen atoms in total. The molecule has 0 spiro atoms. The Morgan fingerprint density at radius 3 is 1.85 bits per heavy atom. The summed E-state index contributed by atoms with van der Waals surface area (Å²) in [5.74, 6) is 0. The predicted molar refractivity (Wildman–Crippen MR) is 178 cm³/mol. The summed E-state index contributed by atoms with van der Waals surface area (Å²) >= 11 is 0. The van der Waals surface area contributed by atoms with Crippen LogP contribution in [0.4, 0.5) is 0 Å². The molecular formula is C37H54N2O. The quantitative estimate of drug-likeness (QED) is 0.213. The van der Waals surface area contributed by atoms with E-state index in [0.29, 0.717) is 6.42 Å². The number of aliphatic hydroxyl groups is 1. The highest BCUT2D eigenvalue weighted by Gasteiger charge is 2.24. The molecule has 1 aromatic rings. The van der Waals surface area contributed by atoms with Gasteiger partial charge >= 0.3 is 0 Å². The lowest BCUT2D eigenvalue weighted by Gasteiger charge is -2.14. The highest BCUT2D eigenvalue weighted by molar-refractivity contribution is 6.03. The Hall–Kier alpha value is -2.91. The molecule has 0 aliphatic carbocycles. The number of aromatic amines is 1. The van der Waals surface area contributed by atoms with Gasteiger partial charge in [-0.15, -0.1) is 0 Å². The summed E-state index contributed by atoms with van der Waals surface area (Å²) in [5.41, 5.74) is 14.1. The number of H-pyrrole nitrogens is 1. The van der Waals surface area contributed by atoms with E-state index < -0.39 is 6.10 Å². The first-order chi connectivity index (χ1) is 18.9. The van der Waals surface area contributed by atoms with Crippen molar-refractivity contribution >= 4 is 17.9 Å². The average molecular weight is 543 g/mol. The molecule has 0 fully saturated rings. The molecule has 0 aromatic carbocycles. The van der Waals surface area contributed by atoms with Crippen molar-refractivity contribution in [1.29, 1.82) is 0 Å². The van der Waals surface area contributed by atoms with Gasteiger partial charge in [0.05, 0.1) is 11.8 Å². The number of aryl methyl sites for hydroxylation is 1. The fourth-order valence-electron chi connectivity index (χ4n) is 5.24. The van der Waals surface area contributed by atoms with E-state index in [0.717, 1.165) is 90.0 Å². The maximum atomic E-state index is 11.2. The standard InChI is InChI=1S/C37H54N2O/c1-11-33-30(8)34(39-32(33)10)24-35-37(29(7)31(9)38-35)36(40)23-15-22-28(6)21-14-20-27(5)19-13-18-26(4)17-12-16-25(2)3/h11,16,18,20,22,24,36,39-40H,1,12-15,17,19,21,23H2,2-10H3/b26-18+,27-20+,28-22+,35-24?/t36-/m0/s1. The van der Waals surface area contributed by atoms with E-state index in [1.807, 2.05) is 13.0 Å². The largest absolute Gasteiger partial charge is 0.388 e. The molecule has 2 heterocycles. The van der Waals surface area contributed by atoms with Gasteiger partial charge in [0, 0.05) is 22.7 Å². The molecule has 1 aliphatic rings. The number of aromatic nitrogens is 1. The van der Waals surface area contributed by atoms with Gasteiger partial charge < -0.3 is 10.1 Å². The van der Waals surface area contributed by atoms with Crippen LogP contribution in [0.2, 0.25) is 0 Å². The zero-order chi connectivity index (χ0) is 29.8. The van der Waals surface area contributed by atoms with Gasteiger partial charge in [-0.1, -0.05) is 59.3 Å². The molecule has 2 rings (SSSR count). The third-order valence-electron chi connectivity index (χ3n) is 7.95. The Bertz CT molecular complexity index is 1250. The maximum absolute atomic E-state index is 11.2. The third-order valence-corrected chi connectivity index (χ3v) is 7.95. The number of aliphatic hydroxyl groups excluding tert-OH is 1. The number of allylic oxidation sites excluding steroid dienone is 9. The number of nitrogens with one attached hydrogen (secondary N) is 1. The molecule has 0 bridgehead atoms. The topological polar surface area (TPSA) is 48.4 Å².